The molecule has 0 amide bonds. The summed E-state index contributed by atoms with van der Waals surface area (Å²) in [4.78, 5) is 48.1. The summed E-state index contributed by atoms with van der Waals surface area (Å²) in [5, 5.41) is 6.55. The van der Waals surface area contributed by atoms with Crippen LogP contribution in [0.15, 0.2) is 98.6 Å². The average molecular weight is 785 g/mol. The minimum atomic E-state index is -0.498. The van der Waals surface area contributed by atoms with Gasteiger partial charge in [-0.25, -0.2) is 57.4 Å². The van der Waals surface area contributed by atoms with Gasteiger partial charge in [0.2, 0.25) is 0 Å². The van der Waals surface area contributed by atoms with E-state index in [1.807, 2.05) is 13.8 Å². The van der Waals surface area contributed by atoms with Crippen molar-refractivity contribution in [3.8, 4) is 11.4 Å². The highest BCUT2D eigenvalue weighted by molar-refractivity contribution is 5.84. The number of benzene rings is 2. The molecule has 4 N–H and O–H groups in total. The lowest BCUT2D eigenvalue weighted by Crippen LogP contribution is -2.14. The minimum Gasteiger partial charge on any atom is -0.358 e. The van der Waals surface area contributed by atoms with Crippen molar-refractivity contribution in [2.75, 3.05) is 10.6 Å². The van der Waals surface area contributed by atoms with Crippen molar-refractivity contribution in [2.45, 2.75) is 25.9 Å². The minimum absolute atomic E-state index is 0.366. The maximum absolute atomic E-state index is 13.9. The van der Waals surface area contributed by atoms with Crippen molar-refractivity contribution >= 4 is 56.0 Å². The predicted molar refractivity (Wildman–Crippen MR) is 205 cm³/mol. The maximum Gasteiger partial charge on any atom is 0.182 e. The maximum atomic E-state index is 13.9. The van der Waals surface area contributed by atoms with Gasteiger partial charge in [-0.15, -0.1) is 0 Å². The monoisotopic (exact) mass is 784 g/mol. The third-order valence-corrected chi connectivity index (χ3v) is 9.11. The Morgan fingerprint density at radius 2 is 0.983 bits per heavy atom. The third-order valence-electron chi connectivity index (χ3n) is 9.11. The van der Waals surface area contributed by atoms with Crippen LogP contribution in [0.4, 0.5) is 29.2 Å². The molecule has 0 aliphatic heterocycles. The highest BCUT2D eigenvalue weighted by atomic mass is 19.1. The number of rotatable bonds is 8. The molecule has 0 aliphatic carbocycles. The van der Waals surface area contributed by atoms with E-state index in [-0.39, 0.29) is 12.1 Å². The number of fused-ring (bicyclic) bond motifs is 4. The molecule has 0 fully saturated rings. The molecule has 0 unspecified atom stereocenters. The summed E-state index contributed by atoms with van der Waals surface area (Å²) >= 11 is 0. The molecule has 0 bridgehead atoms. The highest BCUT2D eigenvalue weighted by Crippen LogP contribution is 2.30. The largest absolute Gasteiger partial charge is 0.358 e. The SMILES string of the molecule is C[C@@H](Nc1ncnc2nc[nH]c12)c1nc2ccc(F)cc2n1-c1cncc(F)c1.C[C@H](Nc1ncnc2nc[nH]c12)c1nc2ccc(F)cc2n1-c1cncc(F)c1. The third kappa shape index (κ3) is 6.71. The zero-order chi connectivity index (χ0) is 39.9. The number of nitrogens with one attached hydrogen (secondary N) is 4. The summed E-state index contributed by atoms with van der Waals surface area (Å²) in [7, 11) is 0. The van der Waals surface area contributed by atoms with Gasteiger partial charge in [0.15, 0.2) is 22.9 Å². The Morgan fingerprint density at radius 1 is 0.534 bits per heavy atom. The van der Waals surface area contributed by atoms with Gasteiger partial charge in [-0.05, 0) is 38.1 Å². The van der Waals surface area contributed by atoms with E-state index in [4.69, 9.17) is 0 Å². The van der Waals surface area contributed by atoms with Crippen LogP contribution >= 0.6 is 0 Å². The summed E-state index contributed by atoms with van der Waals surface area (Å²) in [6.07, 6.45) is 11.1. The van der Waals surface area contributed by atoms with E-state index in [1.165, 1.54) is 74.1 Å². The summed E-state index contributed by atoms with van der Waals surface area (Å²) < 4.78 is 58.9. The van der Waals surface area contributed by atoms with Crippen molar-refractivity contribution in [1.82, 2.24) is 68.9 Å². The predicted octanol–water partition coefficient (Wildman–Crippen LogP) is 7.08. The first-order chi connectivity index (χ1) is 28.2. The number of aromatic nitrogens is 14. The molecule has 0 spiro atoms. The van der Waals surface area contributed by atoms with Crippen LogP contribution in [-0.2, 0) is 0 Å². The van der Waals surface area contributed by atoms with Crippen LogP contribution < -0.4 is 10.6 Å². The zero-order valence-electron chi connectivity index (χ0n) is 30.3. The molecule has 0 radical (unpaired) electrons. The number of hydrogen-bond acceptors (Lipinski definition) is 12. The number of halogens is 4. The van der Waals surface area contributed by atoms with Crippen LogP contribution in [0.3, 0.4) is 0 Å². The van der Waals surface area contributed by atoms with Gasteiger partial charge in [0.05, 0.1) is 83.0 Å². The number of imidazole rings is 4. The van der Waals surface area contributed by atoms with Crippen molar-refractivity contribution in [3.05, 3.63) is 134 Å². The fourth-order valence-electron chi connectivity index (χ4n) is 6.59. The smallest absolute Gasteiger partial charge is 0.182 e. The summed E-state index contributed by atoms with van der Waals surface area (Å²) in [6.45, 7) is 3.76. The van der Waals surface area contributed by atoms with Gasteiger partial charge < -0.3 is 20.6 Å². The van der Waals surface area contributed by atoms with Gasteiger partial charge in [0, 0.05) is 24.3 Å². The van der Waals surface area contributed by atoms with Crippen LogP contribution in [0.2, 0.25) is 0 Å². The molecule has 2 aromatic carbocycles. The van der Waals surface area contributed by atoms with Crippen molar-refractivity contribution in [2.24, 2.45) is 0 Å². The number of nitrogens with zero attached hydrogens (tertiary/aromatic N) is 12. The van der Waals surface area contributed by atoms with Crippen LogP contribution in [-0.4, -0.2) is 68.9 Å². The first-order valence-electron chi connectivity index (χ1n) is 17.6. The lowest BCUT2D eigenvalue weighted by atomic mass is 10.2. The van der Waals surface area contributed by atoms with E-state index < -0.39 is 23.3 Å². The zero-order valence-corrected chi connectivity index (χ0v) is 30.3. The van der Waals surface area contributed by atoms with E-state index in [1.54, 1.807) is 21.3 Å². The Balaban J connectivity index is 0.000000150. The summed E-state index contributed by atoms with van der Waals surface area (Å²) in [6, 6.07) is 10.5. The van der Waals surface area contributed by atoms with Crippen LogP contribution in [0, 0.1) is 23.3 Å². The van der Waals surface area contributed by atoms with E-state index in [2.05, 4.69) is 70.4 Å². The molecule has 20 heteroatoms. The second kappa shape index (κ2) is 14.6. The lowest BCUT2D eigenvalue weighted by molar-refractivity contribution is 0.618. The Hall–Kier alpha value is -7.90. The van der Waals surface area contributed by atoms with Gasteiger partial charge in [0.1, 0.15) is 58.6 Å². The van der Waals surface area contributed by atoms with Crippen molar-refractivity contribution < 1.29 is 17.6 Å². The van der Waals surface area contributed by atoms with Crippen LogP contribution in [0.25, 0.3) is 55.8 Å². The molecule has 8 heterocycles. The van der Waals surface area contributed by atoms with Crippen LogP contribution in [0.1, 0.15) is 37.6 Å². The van der Waals surface area contributed by atoms with Gasteiger partial charge in [-0.3, -0.25) is 19.1 Å². The van der Waals surface area contributed by atoms with E-state index >= 15 is 0 Å². The Labute approximate surface area is 323 Å². The Morgan fingerprint density at radius 3 is 1.41 bits per heavy atom. The first kappa shape index (κ1) is 35.8. The molecular formula is C38H28F4N16. The highest BCUT2D eigenvalue weighted by Gasteiger charge is 2.22. The molecule has 288 valence electrons. The lowest BCUT2D eigenvalue weighted by Gasteiger charge is -2.17. The number of hydrogen-bond donors (Lipinski definition) is 4. The number of pyridine rings is 2. The molecule has 58 heavy (non-hydrogen) atoms. The van der Waals surface area contributed by atoms with Crippen LogP contribution in [0.5, 0.6) is 0 Å². The normalized spacial score (nSPS) is 12.5. The van der Waals surface area contributed by atoms with Gasteiger partial charge in [0.25, 0.3) is 0 Å². The molecule has 16 nitrogen and oxygen atoms in total. The van der Waals surface area contributed by atoms with Crippen molar-refractivity contribution in [3.63, 3.8) is 0 Å². The summed E-state index contributed by atoms with van der Waals surface area (Å²) in [5.74, 6) is 0.359. The molecular weight excluding hydrogens is 757 g/mol. The topological polar surface area (TPSA) is 194 Å². The van der Waals surface area contributed by atoms with E-state index in [0.717, 1.165) is 12.4 Å². The molecule has 10 aromatic rings. The average Bonchev–Trinajstić information content (AvgIpc) is 4.03. The second-order valence-electron chi connectivity index (χ2n) is 13.0. The van der Waals surface area contributed by atoms with Gasteiger partial charge in [-0.1, -0.05) is 0 Å². The Kier molecular flexibility index (Phi) is 9.03. The molecule has 0 saturated carbocycles. The quantitative estimate of drug-likeness (QED) is 0.115. The molecule has 8 aromatic heterocycles. The first-order valence-corrected chi connectivity index (χ1v) is 17.6. The fraction of sp³-hybridized carbons (Fsp3) is 0.105. The number of H-pyrrole nitrogens is 2. The second-order valence-corrected chi connectivity index (χ2v) is 13.0. The van der Waals surface area contributed by atoms with Crippen molar-refractivity contribution in [1.29, 1.82) is 0 Å². The molecule has 2 atom stereocenters. The number of aromatic amines is 2. The van der Waals surface area contributed by atoms with E-state index in [9.17, 15) is 17.6 Å². The number of anilines is 2. The Bertz CT molecular complexity index is 2890. The summed E-state index contributed by atoms with van der Waals surface area (Å²) in [5.41, 5.74) is 5.42. The molecule has 10 rings (SSSR count). The van der Waals surface area contributed by atoms with E-state index in [0.29, 0.717) is 79.1 Å². The standard InChI is InChI=1S/2C19H14F2N8/c2*1-10(27-18-16-17(24-8-23-16)25-9-26-18)19-28-14-3-2-11(20)5-15(14)29(19)13-4-12(21)6-22-7-13/h2*2-10H,1H3,(H2,23,24,25,26,27)/t2*10-/m10/s1. The van der Waals surface area contributed by atoms with Gasteiger partial charge >= 0.3 is 0 Å². The van der Waals surface area contributed by atoms with Gasteiger partial charge in [-0.2, -0.15) is 0 Å². The molecule has 0 aliphatic rings. The fourth-order valence-corrected chi connectivity index (χ4v) is 6.59. The molecule has 0 saturated heterocycles.